The van der Waals surface area contributed by atoms with E-state index in [4.69, 9.17) is 4.52 Å². The lowest BCUT2D eigenvalue weighted by molar-refractivity contribution is -0.128. The average Bonchev–Trinajstić information content (AvgIpc) is 3.05. The highest BCUT2D eigenvalue weighted by atomic mass is 19.1. The van der Waals surface area contributed by atoms with E-state index in [1.807, 2.05) is 13.8 Å². The molecule has 1 saturated heterocycles. The van der Waals surface area contributed by atoms with Crippen molar-refractivity contribution in [1.82, 2.24) is 15.4 Å². The van der Waals surface area contributed by atoms with Gasteiger partial charge in [0.25, 0.3) is 5.91 Å². The number of carbonyl (C=O) groups is 2. The summed E-state index contributed by atoms with van der Waals surface area (Å²) < 4.78 is 18.3. The third-order valence-electron chi connectivity index (χ3n) is 3.99. The third-order valence-corrected chi connectivity index (χ3v) is 3.99. The normalized spacial score (nSPS) is 17.9. The minimum Gasteiger partial charge on any atom is -0.352 e. The van der Waals surface area contributed by atoms with E-state index >= 15 is 0 Å². The van der Waals surface area contributed by atoms with Crippen LogP contribution in [0.3, 0.4) is 0 Å². The van der Waals surface area contributed by atoms with Gasteiger partial charge >= 0.3 is 0 Å². The van der Waals surface area contributed by atoms with Crippen molar-refractivity contribution < 1.29 is 18.5 Å². The fourth-order valence-corrected chi connectivity index (χ4v) is 2.67. The lowest BCUT2D eigenvalue weighted by atomic mass is 10.0. The molecule has 1 fully saturated rings. The smallest absolute Gasteiger partial charge is 0.293 e. The Labute approximate surface area is 138 Å². The van der Waals surface area contributed by atoms with E-state index < -0.39 is 17.8 Å². The Balaban J connectivity index is 1.91. The maximum Gasteiger partial charge on any atom is 0.293 e. The van der Waals surface area contributed by atoms with Crippen LogP contribution in [-0.4, -0.2) is 35.0 Å². The van der Waals surface area contributed by atoms with Gasteiger partial charge in [0.1, 0.15) is 11.9 Å². The van der Waals surface area contributed by atoms with Gasteiger partial charge in [0, 0.05) is 19.2 Å². The zero-order valence-electron chi connectivity index (χ0n) is 13.5. The van der Waals surface area contributed by atoms with Crippen molar-refractivity contribution in [1.29, 1.82) is 0 Å². The zero-order chi connectivity index (χ0) is 17.3. The predicted octanol–water partition coefficient (Wildman–Crippen LogP) is 2.25. The minimum atomic E-state index is -0.820. The standard InChI is InChI=1S/C17H18FN3O3/c1-10(2)13-9-14(24-20-13)17(23)21-8-7-19-16(22)15(21)11-3-5-12(18)6-4-11/h3-6,9-10,15H,7-8H2,1-2H3,(H,19,22). The number of piperazine rings is 1. The van der Waals surface area contributed by atoms with Crippen molar-refractivity contribution in [2.24, 2.45) is 0 Å². The van der Waals surface area contributed by atoms with Gasteiger partial charge in [-0.2, -0.15) is 0 Å². The fourth-order valence-electron chi connectivity index (χ4n) is 2.67. The van der Waals surface area contributed by atoms with Gasteiger partial charge in [0.15, 0.2) is 0 Å². The lowest BCUT2D eigenvalue weighted by Crippen LogP contribution is -2.52. The number of halogens is 1. The van der Waals surface area contributed by atoms with E-state index in [2.05, 4.69) is 10.5 Å². The number of nitrogens with one attached hydrogen (secondary N) is 1. The molecule has 0 saturated carbocycles. The molecule has 0 radical (unpaired) electrons. The zero-order valence-corrected chi connectivity index (χ0v) is 13.5. The van der Waals surface area contributed by atoms with Crippen molar-refractivity contribution in [2.75, 3.05) is 13.1 Å². The Morgan fingerprint density at radius 3 is 2.71 bits per heavy atom. The number of aromatic nitrogens is 1. The summed E-state index contributed by atoms with van der Waals surface area (Å²) >= 11 is 0. The molecule has 2 heterocycles. The van der Waals surface area contributed by atoms with Gasteiger partial charge in [0.05, 0.1) is 5.69 Å². The molecule has 1 aliphatic rings. The number of amides is 2. The summed E-state index contributed by atoms with van der Waals surface area (Å²) in [7, 11) is 0. The van der Waals surface area contributed by atoms with E-state index in [-0.39, 0.29) is 17.6 Å². The Morgan fingerprint density at radius 1 is 1.38 bits per heavy atom. The molecule has 1 N–H and O–H groups in total. The average molecular weight is 331 g/mol. The maximum atomic E-state index is 13.1. The van der Waals surface area contributed by atoms with Gasteiger partial charge in [-0.25, -0.2) is 4.39 Å². The summed E-state index contributed by atoms with van der Waals surface area (Å²) in [6.07, 6.45) is 0. The molecule has 0 bridgehead atoms. The summed E-state index contributed by atoms with van der Waals surface area (Å²) in [5.41, 5.74) is 1.23. The van der Waals surface area contributed by atoms with Crippen molar-refractivity contribution in [2.45, 2.75) is 25.8 Å². The van der Waals surface area contributed by atoms with E-state index in [1.165, 1.54) is 29.2 Å². The summed E-state index contributed by atoms with van der Waals surface area (Å²) in [5, 5.41) is 6.62. The van der Waals surface area contributed by atoms with Crippen molar-refractivity contribution >= 4 is 11.8 Å². The summed E-state index contributed by atoms with van der Waals surface area (Å²) in [5.74, 6) is -0.874. The van der Waals surface area contributed by atoms with Gasteiger partial charge in [-0.05, 0) is 23.6 Å². The van der Waals surface area contributed by atoms with Gasteiger partial charge < -0.3 is 14.7 Å². The minimum absolute atomic E-state index is 0.0977. The van der Waals surface area contributed by atoms with Crippen molar-refractivity contribution in [3.8, 4) is 0 Å². The molecule has 2 amide bonds. The lowest BCUT2D eigenvalue weighted by Gasteiger charge is -2.34. The fraction of sp³-hybridized carbons (Fsp3) is 0.353. The van der Waals surface area contributed by atoms with E-state index in [9.17, 15) is 14.0 Å². The maximum absolute atomic E-state index is 13.1. The van der Waals surface area contributed by atoms with Crippen LogP contribution >= 0.6 is 0 Å². The number of hydrogen-bond donors (Lipinski definition) is 1. The monoisotopic (exact) mass is 331 g/mol. The molecule has 24 heavy (non-hydrogen) atoms. The van der Waals surface area contributed by atoms with Crippen LogP contribution in [-0.2, 0) is 4.79 Å². The van der Waals surface area contributed by atoms with E-state index in [0.29, 0.717) is 24.3 Å². The highest BCUT2D eigenvalue weighted by Crippen LogP contribution is 2.26. The van der Waals surface area contributed by atoms with Gasteiger partial charge in [0.2, 0.25) is 11.7 Å². The molecule has 1 aromatic carbocycles. The molecule has 1 atom stereocenters. The van der Waals surface area contributed by atoms with Crippen LogP contribution in [0, 0.1) is 5.82 Å². The summed E-state index contributed by atoms with van der Waals surface area (Å²) in [4.78, 5) is 26.5. The van der Waals surface area contributed by atoms with E-state index in [1.54, 1.807) is 6.07 Å². The first-order valence-corrected chi connectivity index (χ1v) is 7.78. The first-order chi connectivity index (χ1) is 11.5. The largest absolute Gasteiger partial charge is 0.352 e. The summed E-state index contributed by atoms with van der Waals surface area (Å²) in [6.45, 7) is 4.58. The predicted molar refractivity (Wildman–Crippen MR) is 83.8 cm³/mol. The molecule has 1 aliphatic heterocycles. The first-order valence-electron chi connectivity index (χ1n) is 7.78. The molecule has 7 heteroatoms. The molecule has 2 aromatic rings. The highest BCUT2D eigenvalue weighted by molar-refractivity contribution is 5.96. The number of rotatable bonds is 3. The van der Waals surface area contributed by atoms with Gasteiger partial charge in [-0.15, -0.1) is 0 Å². The second-order valence-corrected chi connectivity index (χ2v) is 6.01. The number of nitrogens with zero attached hydrogens (tertiary/aromatic N) is 2. The molecule has 1 unspecified atom stereocenters. The molecule has 0 aliphatic carbocycles. The van der Waals surface area contributed by atoms with Crippen LogP contribution in [0.4, 0.5) is 4.39 Å². The highest BCUT2D eigenvalue weighted by Gasteiger charge is 2.36. The van der Waals surface area contributed by atoms with Crippen molar-refractivity contribution in [3.63, 3.8) is 0 Å². The van der Waals surface area contributed by atoms with Crippen molar-refractivity contribution in [3.05, 3.63) is 53.2 Å². The Morgan fingerprint density at radius 2 is 2.08 bits per heavy atom. The second kappa shape index (κ2) is 6.43. The summed E-state index contributed by atoms with van der Waals surface area (Å²) in [6, 6.07) is 6.33. The van der Waals surface area contributed by atoms with E-state index in [0.717, 1.165) is 0 Å². The molecule has 6 nitrogen and oxygen atoms in total. The van der Waals surface area contributed by atoms with Gasteiger partial charge in [-0.1, -0.05) is 31.1 Å². The Kier molecular flexibility index (Phi) is 4.33. The molecular weight excluding hydrogens is 313 g/mol. The SMILES string of the molecule is CC(C)c1cc(C(=O)N2CCNC(=O)C2c2ccc(F)cc2)on1. The number of carbonyl (C=O) groups excluding carboxylic acids is 2. The topological polar surface area (TPSA) is 75.4 Å². The molecule has 0 spiro atoms. The molecular formula is C17H18FN3O3. The van der Waals surface area contributed by atoms with Crippen LogP contribution < -0.4 is 5.32 Å². The number of benzene rings is 1. The second-order valence-electron chi connectivity index (χ2n) is 6.01. The molecule has 126 valence electrons. The molecule has 1 aromatic heterocycles. The third kappa shape index (κ3) is 3.02. The van der Waals surface area contributed by atoms with Crippen LogP contribution in [0.1, 0.15) is 47.6 Å². The van der Waals surface area contributed by atoms with Crippen LogP contribution in [0.5, 0.6) is 0 Å². The first kappa shape index (κ1) is 16.2. The van der Waals surface area contributed by atoms with Crippen LogP contribution in [0.25, 0.3) is 0 Å². The molecule has 3 rings (SSSR count). The van der Waals surface area contributed by atoms with Crippen LogP contribution in [0.15, 0.2) is 34.9 Å². The van der Waals surface area contributed by atoms with Crippen LogP contribution in [0.2, 0.25) is 0 Å². The Hall–Kier alpha value is -2.70. The van der Waals surface area contributed by atoms with Gasteiger partial charge in [-0.3, -0.25) is 9.59 Å². The number of hydrogen-bond acceptors (Lipinski definition) is 4. The quantitative estimate of drug-likeness (QED) is 0.936. The Bertz CT molecular complexity index is 755.